The van der Waals surface area contributed by atoms with Gasteiger partial charge in [0.05, 0.1) is 6.61 Å². The Hall–Kier alpha value is -3.77. The molecule has 6 heteroatoms. The van der Waals surface area contributed by atoms with E-state index in [-0.39, 0.29) is 27.9 Å². The van der Waals surface area contributed by atoms with E-state index < -0.39 is 0 Å². The number of phenolic OH excluding ortho intramolecular Hbond substituents is 1. The van der Waals surface area contributed by atoms with Crippen LogP contribution in [-0.4, -0.2) is 36.2 Å². The number of fused-ring (bicyclic) bond motifs is 1. The average molecular weight is 486 g/mol. The Balaban J connectivity index is 1.44. The maximum absolute atomic E-state index is 13.1. The van der Waals surface area contributed by atoms with Gasteiger partial charge < -0.3 is 23.9 Å². The minimum Gasteiger partial charge on any atom is -0.504 e. The first-order valence-corrected chi connectivity index (χ1v) is 12.6. The summed E-state index contributed by atoms with van der Waals surface area (Å²) in [7, 11) is 0. The standard InChI is InChI=1S/C30H31NO5/c32-24-19-25(23-13-6-2-7-14-23)36-26-20-27(35-21-22-11-4-1-5-12-22)30(29(33)28(24)26)34-18-10-17-31-15-8-3-9-16-31/h1-2,4-7,11-14,19-20,33H,3,8-10,15-18,21H2. The summed E-state index contributed by atoms with van der Waals surface area (Å²) in [5.74, 6) is 0.700. The van der Waals surface area contributed by atoms with Crippen LogP contribution in [0.15, 0.2) is 82.0 Å². The molecule has 1 aliphatic heterocycles. The van der Waals surface area contributed by atoms with Gasteiger partial charge in [0, 0.05) is 24.2 Å². The number of aromatic hydroxyl groups is 1. The van der Waals surface area contributed by atoms with Crippen LogP contribution in [0, 0.1) is 0 Å². The van der Waals surface area contributed by atoms with Crippen molar-refractivity contribution < 1.29 is 19.0 Å². The zero-order chi connectivity index (χ0) is 24.7. The van der Waals surface area contributed by atoms with Gasteiger partial charge >= 0.3 is 0 Å². The molecular formula is C30H31NO5. The van der Waals surface area contributed by atoms with Crippen molar-refractivity contribution in [3.63, 3.8) is 0 Å². The van der Waals surface area contributed by atoms with E-state index in [1.807, 2.05) is 60.7 Å². The lowest BCUT2D eigenvalue weighted by Crippen LogP contribution is -2.31. The lowest BCUT2D eigenvalue weighted by molar-refractivity contribution is 0.198. The van der Waals surface area contributed by atoms with Gasteiger partial charge in [-0.2, -0.15) is 0 Å². The first-order chi connectivity index (χ1) is 17.7. The second-order valence-electron chi connectivity index (χ2n) is 9.15. The van der Waals surface area contributed by atoms with Crippen LogP contribution < -0.4 is 14.9 Å². The SMILES string of the molecule is O=c1cc(-c2ccccc2)oc2cc(OCc3ccccc3)c(OCCCN3CCCCC3)c(O)c12. The van der Waals surface area contributed by atoms with Gasteiger partial charge in [-0.1, -0.05) is 67.1 Å². The molecule has 0 amide bonds. The van der Waals surface area contributed by atoms with E-state index in [4.69, 9.17) is 13.9 Å². The first-order valence-electron chi connectivity index (χ1n) is 12.6. The summed E-state index contributed by atoms with van der Waals surface area (Å²) in [6.07, 6.45) is 4.60. The van der Waals surface area contributed by atoms with E-state index in [2.05, 4.69) is 4.90 Å². The molecule has 2 heterocycles. The number of hydrogen-bond donors (Lipinski definition) is 1. The van der Waals surface area contributed by atoms with E-state index >= 15 is 0 Å². The molecule has 0 atom stereocenters. The molecule has 1 aliphatic rings. The van der Waals surface area contributed by atoms with Gasteiger partial charge in [0.1, 0.15) is 23.3 Å². The number of rotatable bonds is 9. The van der Waals surface area contributed by atoms with Crippen LogP contribution in [0.1, 0.15) is 31.2 Å². The number of phenols is 1. The van der Waals surface area contributed by atoms with Gasteiger partial charge in [0.25, 0.3) is 0 Å². The van der Waals surface area contributed by atoms with Crippen LogP contribution in [0.4, 0.5) is 0 Å². The van der Waals surface area contributed by atoms with Crippen molar-refractivity contribution in [1.82, 2.24) is 4.90 Å². The fraction of sp³-hybridized carbons (Fsp3) is 0.300. The molecule has 0 unspecified atom stereocenters. The van der Waals surface area contributed by atoms with Crippen molar-refractivity contribution in [2.45, 2.75) is 32.3 Å². The molecule has 0 saturated carbocycles. The maximum atomic E-state index is 13.1. The molecule has 6 nitrogen and oxygen atoms in total. The van der Waals surface area contributed by atoms with Crippen molar-refractivity contribution in [3.8, 4) is 28.6 Å². The van der Waals surface area contributed by atoms with Crippen LogP contribution in [-0.2, 0) is 6.61 Å². The zero-order valence-electron chi connectivity index (χ0n) is 20.3. The molecule has 0 aliphatic carbocycles. The number of piperidine rings is 1. The average Bonchev–Trinajstić information content (AvgIpc) is 2.92. The number of ether oxygens (including phenoxy) is 2. The van der Waals surface area contributed by atoms with E-state index in [1.165, 1.54) is 25.3 Å². The van der Waals surface area contributed by atoms with Crippen molar-refractivity contribution in [2.75, 3.05) is 26.2 Å². The van der Waals surface area contributed by atoms with Crippen molar-refractivity contribution in [1.29, 1.82) is 0 Å². The fourth-order valence-corrected chi connectivity index (χ4v) is 4.63. The Kier molecular flexibility index (Phi) is 7.52. The van der Waals surface area contributed by atoms with Gasteiger partial charge in [0.2, 0.25) is 5.75 Å². The van der Waals surface area contributed by atoms with Gasteiger partial charge in [-0.15, -0.1) is 0 Å². The van der Waals surface area contributed by atoms with E-state index in [9.17, 15) is 9.90 Å². The largest absolute Gasteiger partial charge is 0.504 e. The maximum Gasteiger partial charge on any atom is 0.204 e. The van der Waals surface area contributed by atoms with Crippen molar-refractivity contribution in [2.24, 2.45) is 0 Å². The molecule has 1 saturated heterocycles. The number of nitrogens with zero attached hydrogens (tertiary/aromatic N) is 1. The van der Waals surface area contributed by atoms with Crippen molar-refractivity contribution in [3.05, 3.63) is 88.6 Å². The number of likely N-dealkylation sites (tertiary alicyclic amines) is 1. The molecule has 0 spiro atoms. The van der Waals surface area contributed by atoms with Crippen LogP contribution >= 0.6 is 0 Å². The predicted molar refractivity (Wildman–Crippen MR) is 141 cm³/mol. The number of hydrogen-bond acceptors (Lipinski definition) is 6. The molecule has 0 radical (unpaired) electrons. The molecular weight excluding hydrogens is 454 g/mol. The smallest absolute Gasteiger partial charge is 0.204 e. The molecule has 5 rings (SSSR count). The summed E-state index contributed by atoms with van der Waals surface area (Å²) in [4.78, 5) is 15.5. The minimum atomic E-state index is -0.333. The molecule has 36 heavy (non-hydrogen) atoms. The predicted octanol–water partition coefficient (Wildman–Crippen LogP) is 6.00. The van der Waals surface area contributed by atoms with Crippen LogP contribution in [0.3, 0.4) is 0 Å². The topological polar surface area (TPSA) is 72.1 Å². The normalized spacial score (nSPS) is 14.1. The highest BCUT2D eigenvalue weighted by atomic mass is 16.5. The molecule has 1 fully saturated rings. The van der Waals surface area contributed by atoms with Gasteiger partial charge in [-0.3, -0.25) is 4.79 Å². The number of benzene rings is 3. The molecule has 1 N–H and O–H groups in total. The quantitative estimate of drug-likeness (QED) is 0.293. The van der Waals surface area contributed by atoms with E-state index in [0.717, 1.165) is 37.2 Å². The van der Waals surface area contributed by atoms with Crippen LogP contribution in [0.25, 0.3) is 22.3 Å². The summed E-state index contributed by atoms with van der Waals surface area (Å²) in [6.45, 7) is 3.88. The summed E-state index contributed by atoms with van der Waals surface area (Å²) < 4.78 is 18.2. The Morgan fingerprint density at radius 1 is 0.889 bits per heavy atom. The highest BCUT2D eigenvalue weighted by Crippen LogP contribution is 2.43. The zero-order valence-corrected chi connectivity index (χ0v) is 20.3. The Morgan fingerprint density at radius 2 is 1.61 bits per heavy atom. The lowest BCUT2D eigenvalue weighted by atomic mass is 10.1. The third-order valence-electron chi connectivity index (χ3n) is 6.52. The molecule has 186 valence electrons. The second-order valence-corrected chi connectivity index (χ2v) is 9.15. The molecule has 3 aromatic carbocycles. The fourth-order valence-electron chi connectivity index (χ4n) is 4.63. The summed E-state index contributed by atoms with van der Waals surface area (Å²) >= 11 is 0. The minimum absolute atomic E-state index is 0.0905. The highest BCUT2D eigenvalue weighted by molar-refractivity contribution is 5.89. The monoisotopic (exact) mass is 485 g/mol. The first kappa shape index (κ1) is 23.9. The third-order valence-corrected chi connectivity index (χ3v) is 6.52. The van der Waals surface area contributed by atoms with Gasteiger partial charge in [-0.25, -0.2) is 0 Å². The summed E-state index contributed by atoms with van der Waals surface area (Å²) in [5, 5.41) is 11.2. The highest BCUT2D eigenvalue weighted by Gasteiger charge is 2.21. The molecule has 0 bridgehead atoms. The second kappa shape index (κ2) is 11.3. The Morgan fingerprint density at radius 3 is 2.36 bits per heavy atom. The lowest BCUT2D eigenvalue weighted by Gasteiger charge is -2.26. The van der Waals surface area contributed by atoms with E-state index in [0.29, 0.717) is 24.7 Å². The van der Waals surface area contributed by atoms with Gasteiger partial charge in [-0.05, 0) is 37.9 Å². The van der Waals surface area contributed by atoms with Crippen LogP contribution in [0.5, 0.6) is 17.2 Å². The third kappa shape index (κ3) is 5.55. The molecule has 1 aromatic heterocycles. The van der Waals surface area contributed by atoms with Gasteiger partial charge in [0.15, 0.2) is 16.9 Å². The summed E-state index contributed by atoms with van der Waals surface area (Å²) in [5.41, 5.74) is 1.68. The Bertz CT molecular complexity index is 1340. The van der Waals surface area contributed by atoms with E-state index in [1.54, 1.807) is 6.07 Å². The van der Waals surface area contributed by atoms with Crippen molar-refractivity contribution >= 4 is 11.0 Å². The Labute approximate surface area is 210 Å². The van der Waals surface area contributed by atoms with Crippen LogP contribution in [0.2, 0.25) is 0 Å². The summed E-state index contributed by atoms with van der Waals surface area (Å²) in [6, 6.07) is 22.2. The molecule has 4 aromatic rings.